The third-order valence-corrected chi connectivity index (χ3v) is 4.77. The van der Waals surface area contributed by atoms with E-state index in [9.17, 15) is 17.6 Å². The third-order valence-electron chi connectivity index (χ3n) is 3.59. The average Bonchev–Trinajstić information content (AvgIpc) is 2.57. The molecule has 0 aliphatic heterocycles. The first-order valence-corrected chi connectivity index (χ1v) is 10.3. The van der Waals surface area contributed by atoms with E-state index < -0.39 is 21.7 Å². The Morgan fingerprint density at radius 1 is 1.15 bits per heavy atom. The first-order valence-electron chi connectivity index (χ1n) is 8.46. The molecule has 6 nitrogen and oxygen atoms in total. The summed E-state index contributed by atoms with van der Waals surface area (Å²) in [5.74, 6) is -0.547. The van der Waals surface area contributed by atoms with Gasteiger partial charge in [0.05, 0.1) is 23.7 Å². The number of carbonyl (C=O) groups is 1. The summed E-state index contributed by atoms with van der Waals surface area (Å²) in [6.45, 7) is 3.56. The summed E-state index contributed by atoms with van der Waals surface area (Å²) in [4.78, 5) is 12.3. The number of carbonyl (C=O) groups excluding carboxylic acids is 1. The molecule has 0 fully saturated rings. The molecule has 0 unspecified atom stereocenters. The summed E-state index contributed by atoms with van der Waals surface area (Å²) in [6, 6.07) is 12.5. The highest BCUT2D eigenvalue weighted by molar-refractivity contribution is 7.92. The van der Waals surface area contributed by atoms with Crippen molar-refractivity contribution in [1.29, 1.82) is 0 Å². The van der Waals surface area contributed by atoms with E-state index in [1.54, 1.807) is 24.3 Å². The minimum Gasteiger partial charge on any atom is -0.489 e. The zero-order valence-electron chi connectivity index (χ0n) is 15.5. The summed E-state index contributed by atoms with van der Waals surface area (Å²) in [5, 5.41) is 2.71. The van der Waals surface area contributed by atoms with Crippen molar-refractivity contribution in [1.82, 2.24) is 0 Å². The lowest BCUT2D eigenvalue weighted by Gasteiger charge is -2.22. The second-order valence-corrected chi connectivity index (χ2v) is 8.15. The van der Waals surface area contributed by atoms with Gasteiger partial charge in [-0.1, -0.05) is 24.3 Å². The van der Waals surface area contributed by atoms with Crippen molar-refractivity contribution >= 4 is 27.3 Å². The van der Waals surface area contributed by atoms with Crippen molar-refractivity contribution in [3.63, 3.8) is 0 Å². The summed E-state index contributed by atoms with van der Waals surface area (Å²) < 4.78 is 44.6. The first kappa shape index (κ1) is 20.7. The van der Waals surface area contributed by atoms with Gasteiger partial charge in [0.2, 0.25) is 15.9 Å². The number of hydrogen-bond donors (Lipinski definition) is 1. The zero-order valence-corrected chi connectivity index (χ0v) is 16.3. The van der Waals surface area contributed by atoms with Crippen LogP contribution in [-0.4, -0.2) is 33.2 Å². The molecule has 1 amide bonds. The molecule has 2 rings (SSSR count). The monoisotopic (exact) mass is 394 g/mol. The Labute approximate surface area is 159 Å². The fraction of sp³-hybridized carbons (Fsp3) is 0.316. The van der Waals surface area contributed by atoms with Crippen molar-refractivity contribution in [2.45, 2.75) is 26.4 Å². The van der Waals surface area contributed by atoms with E-state index in [0.717, 1.165) is 10.6 Å². The van der Waals surface area contributed by atoms with Gasteiger partial charge in [-0.2, -0.15) is 0 Å². The number of sulfonamides is 1. The molecule has 0 bridgehead atoms. The molecule has 0 aliphatic rings. The van der Waals surface area contributed by atoms with E-state index in [2.05, 4.69) is 5.32 Å². The van der Waals surface area contributed by atoms with Gasteiger partial charge in [0.1, 0.15) is 11.6 Å². The van der Waals surface area contributed by atoms with Crippen LogP contribution in [0.3, 0.4) is 0 Å². The standard InChI is InChI=1S/C19H23FN2O4S/c1-14(2)26-18-11-7-5-9-16(18)21-19(23)12-13-22(27(3,24)25)17-10-6-4-8-15(17)20/h4-11,14H,12-13H2,1-3H3,(H,21,23). The minimum absolute atomic E-state index is 0.0650. The molecule has 0 saturated carbocycles. The number of ether oxygens (including phenoxy) is 1. The van der Waals surface area contributed by atoms with Crippen LogP contribution < -0.4 is 14.4 Å². The zero-order chi connectivity index (χ0) is 20.0. The Bertz CT molecular complexity index is 900. The van der Waals surface area contributed by atoms with Crippen molar-refractivity contribution in [3.8, 4) is 5.75 Å². The SMILES string of the molecule is CC(C)Oc1ccccc1NC(=O)CCN(c1ccccc1F)S(C)(=O)=O. The van der Waals surface area contributed by atoms with E-state index in [1.165, 1.54) is 24.3 Å². The molecule has 27 heavy (non-hydrogen) atoms. The normalized spacial score (nSPS) is 11.3. The number of nitrogens with zero attached hydrogens (tertiary/aromatic N) is 1. The molecule has 1 N–H and O–H groups in total. The van der Waals surface area contributed by atoms with E-state index >= 15 is 0 Å². The topological polar surface area (TPSA) is 75.7 Å². The highest BCUT2D eigenvalue weighted by Gasteiger charge is 2.21. The van der Waals surface area contributed by atoms with Gasteiger partial charge in [0.15, 0.2) is 0 Å². The van der Waals surface area contributed by atoms with Crippen LogP contribution in [0.25, 0.3) is 0 Å². The Balaban J connectivity index is 2.10. The number of rotatable bonds is 8. The molecule has 2 aromatic rings. The van der Waals surface area contributed by atoms with Gasteiger partial charge < -0.3 is 10.1 Å². The number of nitrogens with one attached hydrogen (secondary N) is 1. The van der Waals surface area contributed by atoms with E-state index in [-0.39, 0.29) is 24.8 Å². The lowest BCUT2D eigenvalue weighted by atomic mass is 10.2. The summed E-state index contributed by atoms with van der Waals surface area (Å²) in [6.07, 6.45) is 0.769. The molecule has 0 saturated heterocycles. The molecule has 0 heterocycles. The molecule has 0 radical (unpaired) electrons. The van der Waals surface area contributed by atoms with Crippen LogP contribution in [-0.2, 0) is 14.8 Å². The largest absolute Gasteiger partial charge is 0.489 e. The molecule has 0 aromatic heterocycles. The predicted molar refractivity (Wildman–Crippen MR) is 104 cm³/mol. The molecule has 0 spiro atoms. The maximum Gasteiger partial charge on any atom is 0.232 e. The van der Waals surface area contributed by atoms with Gasteiger partial charge >= 0.3 is 0 Å². The number of amides is 1. The Morgan fingerprint density at radius 3 is 2.41 bits per heavy atom. The molecule has 0 aliphatic carbocycles. The number of anilines is 2. The van der Waals surface area contributed by atoms with Crippen molar-refractivity contribution in [2.24, 2.45) is 0 Å². The second kappa shape index (κ2) is 8.85. The highest BCUT2D eigenvalue weighted by atomic mass is 32.2. The maximum absolute atomic E-state index is 14.0. The summed E-state index contributed by atoms with van der Waals surface area (Å²) in [5.41, 5.74) is 0.407. The van der Waals surface area contributed by atoms with Gasteiger partial charge in [-0.15, -0.1) is 0 Å². The van der Waals surface area contributed by atoms with Crippen LogP contribution in [0.4, 0.5) is 15.8 Å². The fourth-order valence-electron chi connectivity index (χ4n) is 2.46. The van der Waals surface area contributed by atoms with Crippen molar-refractivity contribution in [3.05, 3.63) is 54.3 Å². The molecule has 8 heteroatoms. The Hall–Kier alpha value is -2.61. The van der Waals surface area contributed by atoms with E-state index in [4.69, 9.17) is 4.74 Å². The first-order chi connectivity index (χ1) is 12.7. The maximum atomic E-state index is 14.0. The van der Waals surface area contributed by atoms with Gasteiger partial charge in [0.25, 0.3) is 0 Å². The summed E-state index contributed by atoms with van der Waals surface area (Å²) in [7, 11) is -3.74. The van der Waals surface area contributed by atoms with Gasteiger partial charge in [0, 0.05) is 13.0 Å². The Morgan fingerprint density at radius 2 is 1.78 bits per heavy atom. The van der Waals surface area contributed by atoms with Gasteiger partial charge in [-0.05, 0) is 38.1 Å². The fourth-order valence-corrected chi connectivity index (χ4v) is 3.39. The predicted octanol–water partition coefficient (Wildman–Crippen LogP) is 3.41. The number of hydrogen-bond acceptors (Lipinski definition) is 4. The van der Waals surface area contributed by atoms with Crippen LogP contribution in [0.1, 0.15) is 20.3 Å². The molecule has 0 atom stereocenters. The van der Waals surface area contributed by atoms with Crippen LogP contribution in [0.5, 0.6) is 5.75 Å². The summed E-state index contributed by atoms with van der Waals surface area (Å²) >= 11 is 0. The third kappa shape index (κ3) is 5.96. The van der Waals surface area contributed by atoms with Crippen molar-refractivity contribution in [2.75, 3.05) is 22.4 Å². The van der Waals surface area contributed by atoms with Gasteiger partial charge in [-0.3, -0.25) is 9.10 Å². The van der Waals surface area contributed by atoms with Crippen LogP contribution in [0.2, 0.25) is 0 Å². The van der Waals surface area contributed by atoms with Crippen LogP contribution >= 0.6 is 0 Å². The van der Waals surface area contributed by atoms with Crippen LogP contribution in [0, 0.1) is 5.82 Å². The number of benzene rings is 2. The van der Waals surface area contributed by atoms with E-state index in [1.807, 2.05) is 13.8 Å². The van der Waals surface area contributed by atoms with Crippen molar-refractivity contribution < 1.29 is 22.3 Å². The van der Waals surface area contributed by atoms with Crippen LogP contribution in [0.15, 0.2) is 48.5 Å². The smallest absolute Gasteiger partial charge is 0.232 e. The molecule has 146 valence electrons. The van der Waals surface area contributed by atoms with Gasteiger partial charge in [-0.25, -0.2) is 12.8 Å². The lowest BCUT2D eigenvalue weighted by Crippen LogP contribution is -2.33. The molecular weight excluding hydrogens is 371 g/mol. The number of halogens is 1. The Kier molecular flexibility index (Phi) is 6.79. The average molecular weight is 394 g/mol. The lowest BCUT2D eigenvalue weighted by molar-refractivity contribution is -0.116. The minimum atomic E-state index is -3.74. The second-order valence-electron chi connectivity index (χ2n) is 6.25. The molecule has 2 aromatic carbocycles. The quantitative estimate of drug-likeness (QED) is 0.745. The highest BCUT2D eigenvalue weighted by Crippen LogP contribution is 2.25. The van der Waals surface area contributed by atoms with E-state index in [0.29, 0.717) is 11.4 Å². The molecular formula is C19H23FN2O4S. The number of para-hydroxylation sites is 3.